The Balaban J connectivity index is 2.81. The minimum absolute atomic E-state index is 0.364. The number of rotatable bonds is 5. The van der Waals surface area contributed by atoms with Crippen molar-refractivity contribution in [2.75, 3.05) is 19.7 Å². The fraction of sp³-hybridized carbons (Fsp3) is 1.00. The van der Waals surface area contributed by atoms with Crippen LogP contribution in [0.25, 0.3) is 0 Å². The second-order valence-electron chi connectivity index (χ2n) is 4.48. The first kappa shape index (κ1) is 15.7. The summed E-state index contributed by atoms with van der Waals surface area (Å²) in [5.74, 6) is 0. The van der Waals surface area contributed by atoms with Crippen molar-refractivity contribution in [3.05, 3.63) is 0 Å². The third-order valence-corrected chi connectivity index (χ3v) is 5.38. The van der Waals surface area contributed by atoms with Crippen molar-refractivity contribution in [2.45, 2.75) is 43.5 Å². The highest BCUT2D eigenvalue weighted by molar-refractivity contribution is 7.89. The predicted molar refractivity (Wildman–Crippen MR) is 60.5 cm³/mol. The zero-order valence-electron chi connectivity index (χ0n) is 9.99. The van der Waals surface area contributed by atoms with Gasteiger partial charge in [0.15, 0.2) is 0 Å². The summed E-state index contributed by atoms with van der Waals surface area (Å²) in [6, 6.07) is 0. The minimum Gasteiger partial charge on any atom is -0.395 e. The Bertz CT molecular complexity index is 350. The van der Waals surface area contributed by atoms with Gasteiger partial charge in [-0.2, -0.15) is 17.5 Å². The van der Waals surface area contributed by atoms with Crippen molar-refractivity contribution >= 4 is 10.0 Å². The van der Waals surface area contributed by atoms with E-state index in [4.69, 9.17) is 5.11 Å². The van der Waals surface area contributed by atoms with E-state index in [1.54, 1.807) is 0 Å². The summed E-state index contributed by atoms with van der Waals surface area (Å²) in [7, 11) is -3.97. The molecule has 0 aliphatic heterocycles. The lowest BCUT2D eigenvalue weighted by Gasteiger charge is -2.29. The first-order valence-corrected chi connectivity index (χ1v) is 7.44. The van der Waals surface area contributed by atoms with Gasteiger partial charge in [0.05, 0.1) is 11.9 Å². The fourth-order valence-corrected chi connectivity index (χ4v) is 4.19. The lowest BCUT2D eigenvalue weighted by atomic mass is 10.0. The van der Waals surface area contributed by atoms with Crippen LogP contribution in [0, 0.1) is 0 Å². The molecule has 0 radical (unpaired) electrons. The lowest BCUT2D eigenvalue weighted by Crippen LogP contribution is -2.45. The quantitative estimate of drug-likeness (QED) is 0.834. The molecule has 1 fully saturated rings. The first-order chi connectivity index (χ1) is 8.27. The van der Waals surface area contributed by atoms with Crippen LogP contribution < -0.4 is 0 Å². The zero-order valence-corrected chi connectivity index (χ0v) is 10.8. The molecule has 0 spiro atoms. The largest absolute Gasteiger partial charge is 0.402 e. The Labute approximate surface area is 105 Å². The topological polar surface area (TPSA) is 57.6 Å². The van der Waals surface area contributed by atoms with Gasteiger partial charge in [-0.3, -0.25) is 0 Å². The third-order valence-electron chi connectivity index (χ3n) is 3.04. The van der Waals surface area contributed by atoms with Gasteiger partial charge in [-0.1, -0.05) is 19.3 Å². The SMILES string of the molecule is O=S(=O)(C1CCCCC1)N(CCO)CC(F)(F)F. The van der Waals surface area contributed by atoms with Crippen LogP contribution in [0.2, 0.25) is 0 Å². The molecular formula is C10H18F3NO3S. The molecule has 0 aromatic heterocycles. The molecular weight excluding hydrogens is 271 g/mol. The van der Waals surface area contributed by atoms with Gasteiger partial charge in [0.2, 0.25) is 10.0 Å². The Morgan fingerprint density at radius 2 is 1.72 bits per heavy atom. The second kappa shape index (κ2) is 6.21. The highest BCUT2D eigenvalue weighted by Crippen LogP contribution is 2.28. The van der Waals surface area contributed by atoms with Crippen molar-refractivity contribution in [3.8, 4) is 0 Å². The molecule has 18 heavy (non-hydrogen) atoms. The Morgan fingerprint density at radius 3 is 2.17 bits per heavy atom. The van der Waals surface area contributed by atoms with Gasteiger partial charge in [0.25, 0.3) is 0 Å². The molecule has 0 aromatic rings. The van der Waals surface area contributed by atoms with Gasteiger partial charge >= 0.3 is 6.18 Å². The lowest BCUT2D eigenvalue weighted by molar-refractivity contribution is -0.136. The smallest absolute Gasteiger partial charge is 0.395 e. The van der Waals surface area contributed by atoms with Crippen LogP contribution in [0.1, 0.15) is 32.1 Å². The van der Waals surface area contributed by atoms with Crippen LogP contribution in [0.15, 0.2) is 0 Å². The highest BCUT2D eigenvalue weighted by atomic mass is 32.2. The summed E-state index contributed by atoms with van der Waals surface area (Å²) in [5, 5.41) is 7.99. The summed E-state index contributed by atoms with van der Waals surface area (Å²) < 4.78 is 61.5. The highest BCUT2D eigenvalue weighted by Gasteiger charge is 2.39. The maximum Gasteiger partial charge on any atom is 0.402 e. The Hall–Kier alpha value is -0.340. The molecule has 0 heterocycles. The molecule has 4 nitrogen and oxygen atoms in total. The van der Waals surface area contributed by atoms with Gasteiger partial charge < -0.3 is 5.11 Å². The van der Waals surface area contributed by atoms with Crippen LogP contribution in [-0.4, -0.2) is 49.0 Å². The minimum atomic E-state index is -4.59. The molecule has 0 atom stereocenters. The van der Waals surface area contributed by atoms with Crippen molar-refractivity contribution in [1.29, 1.82) is 0 Å². The molecule has 0 amide bonds. The molecule has 1 aliphatic rings. The van der Waals surface area contributed by atoms with Crippen molar-refractivity contribution < 1.29 is 26.7 Å². The van der Waals surface area contributed by atoms with E-state index in [-0.39, 0.29) is 0 Å². The standard InChI is InChI=1S/C10H18F3NO3S/c11-10(12,13)8-14(6-7-15)18(16,17)9-4-2-1-3-5-9/h9,15H,1-8H2. The molecule has 1 aliphatic carbocycles. The van der Waals surface area contributed by atoms with E-state index in [0.717, 1.165) is 19.3 Å². The molecule has 0 bridgehead atoms. The number of sulfonamides is 1. The number of aliphatic hydroxyl groups excluding tert-OH is 1. The van der Waals surface area contributed by atoms with Crippen LogP contribution in [0.4, 0.5) is 13.2 Å². The van der Waals surface area contributed by atoms with E-state index in [1.165, 1.54) is 0 Å². The molecule has 8 heteroatoms. The number of hydrogen-bond donors (Lipinski definition) is 1. The van der Waals surface area contributed by atoms with E-state index >= 15 is 0 Å². The number of nitrogens with zero attached hydrogens (tertiary/aromatic N) is 1. The average Bonchev–Trinajstić information content (AvgIpc) is 2.28. The average molecular weight is 289 g/mol. The maximum absolute atomic E-state index is 12.3. The van der Waals surface area contributed by atoms with E-state index in [2.05, 4.69) is 0 Å². The number of halogens is 3. The monoisotopic (exact) mass is 289 g/mol. The molecule has 0 aromatic carbocycles. The molecule has 0 saturated heterocycles. The number of alkyl halides is 3. The summed E-state index contributed by atoms with van der Waals surface area (Å²) in [4.78, 5) is 0. The van der Waals surface area contributed by atoms with Crippen LogP contribution in [0.5, 0.6) is 0 Å². The molecule has 0 unspecified atom stereocenters. The van der Waals surface area contributed by atoms with E-state index < -0.39 is 41.1 Å². The van der Waals surface area contributed by atoms with E-state index in [1.807, 2.05) is 0 Å². The first-order valence-electron chi connectivity index (χ1n) is 5.94. The normalized spacial score (nSPS) is 19.4. The van der Waals surface area contributed by atoms with Gasteiger partial charge in [-0.05, 0) is 12.8 Å². The molecule has 1 N–H and O–H groups in total. The number of hydrogen-bond acceptors (Lipinski definition) is 3. The van der Waals surface area contributed by atoms with Crippen molar-refractivity contribution in [2.24, 2.45) is 0 Å². The van der Waals surface area contributed by atoms with Crippen molar-refractivity contribution in [1.82, 2.24) is 4.31 Å². The van der Waals surface area contributed by atoms with Gasteiger partial charge in [0, 0.05) is 6.54 Å². The maximum atomic E-state index is 12.3. The molecule has 108 valence electrons. The third kappa shape index (κ3) is 4.40. The molecule has 1 saturated carbocycles. The second-order valence-corrected chi connectivity index (χ2v) is 6.69. The van der Waals surface area contributed by atoms with Crippen molar-refractivity contribution in [3.63, 3.8) is 0 Å². The predicted octanol–water partition coefficient (Wildman–Crippen LogP) is 1.51. The van der Waals surface area contributed by atoms with Crippen LogP contribution >= 0.6 is 0 Å². The Morgan fingerprint density at radius 1 is 1.17 bits per heavy atom. The Kier molecular flexibility index (Phi) is 5.42. The summed E-state index contributed by atoms with van der Waals surface area (Å²) in [6.45, 7) is -2.63. The van der Waals surface area contributed by atoms with Gasteiger partial charge in [0.1, 0.15) is 6.54 Å². The molecule has 1 rings (SSSR count). The summed E-state index contributed by atoms with van der Waals surface area (Å²) in [6.07, 6.45) is -1.40. The van der Waals surface area contributed by atoms with Gasteiger partial charge in [-0.25, -0.2) is 8.42 Å². The number of aliphatic hydroxyl groups is 1. The summed E-state index contributed by atoms with van der Waals surface area (Å²) >= 11 is 0. The fourth-order valence-electron chi connectivity index (χ4n) is 2.18. The summed E-state index contributed by atoms with van der Waals surface area (Å²) in [5.41, 5.74) is 0. The van der Waals surface area contributed by atoms with Crippen LogP contribution in [-0.2, 0) is 10.0 Å². The van der Waals surface area contributed by atoms with Crippen LogP contribution in [0.3, 0.4) is 0 Å². The van der Waals surface area contributed by atoms with E-state index in [9.17, 15) is 21.6 Å². The van der Waals surface area contributed by atoms with Gasteiger partial charge in [-0.15, -0.1) is 0 Å². The zero-order chi connectivity index (χ0) is 13.8. The van der Waals surface area contributed by atoms with E-state index in [0.29, 0.717) is 17.1 Å².